The van der Waals surface area contributed by atoms with Gasteiger partial charge in [-0.05, 0) is 35.8 Å². The van der Waals surface area contributed by atoms with Crippen molar-refractivity contribution in [2.75, 3.05) is 13.1 Å². The Morgan fingerprint density at radius 3 is 2.70 bits per heavy atom. The molecule has 0 spiro atoms. The SMILES string of the molecule is CCC(C)C1CN(Cc2sccc2C)C(C(C)C)CN1. The summed E-state index contributed by atoms with van der Waals surface area (Å²) in [4.78, 5) is 4.26. The third kappa shape index (κ3) is 3.63. The van der Waals surface area contributed by atoms with E-state index in [1.165, 1.54) is 18.5 Å². The Kier molecular flexibility index (Phi) is 5.65. The zero-order chi connectivity index (χ0) is 14.7. The highest BCUT2D eigenvalue weighted by molar-refractivity contribution is 7.10. The predicted octanol–water partition coefficient (Wildman–Crippen LogP) is 3.90. The Morgan fingerprint density at radius 2 is 2.15 bits per heavy atom. The van der Waals surface area contributed by atoms with Gasteiger partial charge in [-0.25, -0.2) is 0 Å². The van der Waals surface area contributed by atoms with Crippen molar-refractivity contribution >= 4 is 11.3 Å². The molecule has 3 unspecified atom stereocenters. The maximum Gasteiger partial charge on any atom is 0.0334 e. The molecule has 2 nitrogen and oxygen atoms in total. The highest BCUT2D eigenvalue weighted by Gasteiger charge is 2.31. The normalized spacial score (nSPS) is 26.1. The molecule has 1 fully saturated rings. The van der Waals surface area contributed by atoms with Crippen LogP contribution in [0.25, 0.3) is 0 Å². The van der Waals surface area contributed by atoms with Gasteiger partial charge in [-0.3, -0.25) is 4.90 Å². The van der Waals surface area contributed by atoms with Crippen molar-refractivity contribution in [2.24, 2.45) is 11.8 Å². The van der Waals surface area contributed by atoms with Gasteiger partial charge in [-0.15, -0.1) is 11.3 Å². The number of hydrogen-bond donors (Lipinski definition) is 1. The van der Waals surface area contributed by atoms with Crippen LogP contribution >= 0.6 is 11.3 Å². The molecule has 0 aromatic carbocycles. The highest BCUT2D eigenvalue weighted by Crippen LogP contribution is 2.25. The molecule has 1 aromatic rings. The van der Waals surface area contributed by atoms with Gasteiger partial charge >= 0.3 is 0 Å². The molecular formula is C17H30N2S. The van der Waals surface area contributed by atoms with E-state index in [1.54, 1.807) is 4.88 Å². The second-order valence-electron chi connectivity index (χ2n) is 6.67. The Balaban J connectivity index is 2.09. The molecule has 20 heavy (non-hydrogen) atoms. The lowest BCUT2D eigenvalue weighted by Crippen LogP contribution is -2.59. The molecular weight excluding hydrogens is 264 g/mol. The third-order valence-electron chi connectivity index (χ3n) is 4.90. The number of piperazine rings is 1. The summed E-state index contributed by atoms with van der Waals surface area (Å²) in [7, 11) is 0. The Hall–Kier alpha value is -0.380. The Labute approximate surface area is 128 Å². The molecule has 2 heterocycles. The maximum atomic E-state index is 3.79. The van der Waals surface area contributed by atoms with E-state index in [2.05, 4.69) is 56.3 Å². The van der Waals surface area contributed by atoms with Gasteiger partial charge in [-0.1, -0.05) is 34.1 Å². The van der Waals surface area contributed by atoms with Crippen LogP contribution in [0.3, 0.4) is 0 Å². The molecule has 0 radical (unpaired) electrons. The first-order chi connectivity index (χ1) is 9.52. The minimum absolute atomic E-state index is 0.648. The van der Waals surface area contributed by atoms with Crippen LogP contribution in [0.2, 0.25) is 0 Å². The van der Waals surface area contributed by atoms with Gasteiger partial charge < -0.3 is 5.32 Å². The molecule has 1 aliphatic rings. The minimum atomic E-state index is 0.648. The number of nitrogens with zero attached hydrogens (tertiary/aromatic N) is 1. The summed E-state index contributed by atoms with van der Waals surface area (Å²) in [6.45, 7) is 15.1. The molecule has 1 aliphatic heterocycles. The molecule has 3 heteroatoms. The summed E-state index contributed by atoms with van der Waals surface area (Å²) in [5.41, 5.74) is 1.45. The molecule has 1 aromatic heterocycles. The van der Waals surface area contributed by atoms with Gasteiger partial charge in [0.2, 0.25) is 0 Å². The van der Waals surface area contributed by atoms with Crippen LogP contribution in [-0.2, 0) is 6.54 Å². The van der Waals surface area contributed by atoms with Crippen molar-refractivity contribution in [1.29, 1.82) is 0 Å². The van der Waals surface area contributed by atoms with Crippen molar-refractivity contribution in [3.8, 4) is 0 Å². The number of nitrogens with one attached hydrogen (secondary N) is 1. The van der Waals surface area contributed by atoms with Gasteiger partial charge in [0.05, 0.1) is 0 Å². The van der Waals surface area contributed by atoms with Crippen molar-refractivity contribution in [1.82, 2.24) is 10.2 Å². The lowest BCUT2D eigenvalue weighted by Gasteiger charge is -2.44. The molecule has 1 saturated heterocycles. The summed E-state index contributed by atoms with van der Waals surface area (Å²) in [5, 5.41) is 6.01. The summed E-state index contributed by atoms with van der Waals surface area (Å²) < 4.78 is 0. The largest absolute Gasteiger partial charge is 0.311 e. The van der Waals surface area contributed by atoms with Crippen LogP contribution in [0.4, 0.5) is 0 Å². The summed E-state index contributed by atoms with van der Waals surface area (Å²) in [6, 6.07) is 3.56. The first-order valence-electron chi connectivity index (χ1n) is 8.03. The topological polar surface area (TPSA) is 15.3 Å². The molecule has 0 amide bonds. The van der Waals surface area contributed by atoms with Crippen LogP contribution in [0, 0.1) is 18.8 Å². The van der Waals surface area contributed by atoms with E-state index in [0.717, 1.165) is 19.0 Å². The van der Waals surface area contributed by atoms with E-state index in [9.17, 15) is 0 Å². The summed E-state index contributed by atoms with van der Waals surface area (Å²) in [6.07, 6.45) is 1.26. The fourth-order valence-corrected chi connectivity index (χ4v) is 4.04. The number of thiophene rings is 1. The van der Waals surface area contributed by atoms with E-state index in [1.807, 2.05) is 11.3 Å². The van der Waals surface area contributed by atoms with Crippen molar-refractivity contribution < 1.29 is 0 Å². The van der Waals surface area contributed by atoms with Crippen LogP contribution in [0.5, 0.6) is 0 Å². The zero-order valence-electron chi connectivity index (χ0n) is 13.6. The Morgan fingerprint density at radius 1 is 1.40 bits per heavy atom. The first kappa shape index (κ1) is 16.0. The predicted molar refractivity (Wildman–Crippen MR) is 89.3 cm³/mol. The molecule has 114 valence electrons. The summed E-state index contributed by atoms with van der Waals surface area (Å²) in [5.74, 6) is 1.47. The highest BCUT2D eigenvalue weighted by atomic mass is 32.1. The average Bonchev–Trinajstić information content (AvgIpc) is 2.83. The van der Waals surface area contributed by atoms with Crippen LogP contribution in [-0.4, -0.2) is 30.1 Å². The fraction of sp³-hybridized carbons (Fsp3) is 0.765. The standard InChI is InChI=1S/C17H30N2S/c1-6-13(4)15-10-19(16(9-18-15)12(2)3)11-17-14(5)7-8-20-17/h7-8,12-13,15-16,18H,6,9-11H2,1-5H3. The van der Waals surface area contributed by atoms with E-state index < -0.39 is 0 Å². The fourth-order valence-electron chi connectivity index (χ4n) is 3.11. The monoisotopic (exact) mass is 294 g/mol. The molecule has 1 N–H and O–H groups in total. The van der Waals surface area contributed by atoms with Crippen LogP contribution in [0.15, 0.2) is 11.4 Å². The maximum absolute atomic E-state index is 3.79. The number of rotatable bonds is 5. The Bertz CT molecular complexity index is 413. The zero-order valence-corrected chi connectivity index (χ0v) is 14.5. The van der Waals surface area contributed by atoms with E-state index >= 15 is 0 Å². The van der Waals surface area contributed by atoms with Crippen molar-refractivity contribution in [2.45, 2.75) is 59.7 Å². The van der Waals surface area contributed by atoms with Crippen molar-refractivity contribution in [3.63, 3.8) is 0 Å². The molecule has 2 rings (SSSR count). The van der Waals surface area contributed by atoms with E-state index in [-0.39, 0.29) is 0 Å². The minimum Gasteiger partial charge on any atom is -0.311 e. The van der Waals surface area contributed by atoms with Gasteiger partial charge in [0, 0.05) is 36.6 Å². The molecule has 0 saturated carbocycles. The average molecular weight is 295 g/mol. The van der Waals surface area contributed by atoms with E-state index in [0.29, 0.717) is 18.0 Å². The second-order valence-corrected chi connectivity index (χ2v) is 7.67. The summed E-state index contributed by atoms with van der Waals surface area (Å²) >= 11 is 1.91. The van der Waals surface area contributed by atoms with Gasteiger partial charge in [0.15, 0.2) is 0 Å². The second kappa shape index (κ2) is 7.06. The van der Waals surface area contributed by atoms with Gasteiger partial charge in [-0.2, -0.15) is 0 Å². The van der Waals surface area contributed by atoms with Crippen LogP contribution in [0.1, 0.15) is 44.6 Å². The van der Waals surface area contributed by atoms with Gasteiger partial charge in [0.25, 0.3) is 0 Å². The molecule has 3 atom stereocenters. The van der Waals surface area contributed by atoms with Crippen molar-refractivity contribution in [3.05, 3.63) is 21.9 Å². The quantitative estimate of drug-likeness (QED) is 0.886. The number of hydrogen-bond acceptors (Lipinski definition) is 3. The number of aryl methyl sites for hydroxylation is 1. The first-order valence-corrected chi connectivity index (χ1v) is 8.91. The lowest BCUT2D eigenvalue weighted by atomic mass is 9.92. The lowest BCUT2D eigenvalue weighted by molar-refractivity contribution is 0.0760. The van der Waals surface area contributed by atoms with Crippen LogP contribution < -0.4 is 5.32 Å². The smallest absolute Gasteiger partial charge is 0.0334 e. The van der Waals surface area contributed by atoms with Gasteiger partial charge in [0.1, 0.15) is 0 Å². The van der Waals surface area contributed by atoms with E-state index in [4.69, 9.17) is 0 Å². The molecule has 0 aliphatic carbocycles. The molecule has 0 bridgehead atoms. The third-order valence-corrected chi connectivity index (χ3v) is 5.91.